The fraction of sp³-hybridized carbons (Fsp3) is 0.643. The molecule has 1 heterocycles. The van der Waals surface area contributed by atoms with Gasteiger partial charge in [-0.1, -0.05) is 20.8 Å². The molecule has 0 radical (unpaired) electrons. The van der Waals surface area contributed by atoms with E-state index >= 15 is 0 Å². The Bertz CT molecular complexity index is 389. The van der Waals surface area contributed by atoms with Crippen LogP contribution in [0.2, 0.25) is 0 Å². The second kappa shape index (κ2) is 6.89. The molecule has 2 nitrogen and oxygen atoms in total. The monoisotopic (exact) mass is 274 g/mol. The summed E-state index contributed by atoms with van der Waals surface area (Å²) in [6, 6.07) is 2.32. The van der Waals surface area contributed by atoms with Crippen LogP contribution in [0.5, 0.6) is 0 Å². The van der Waals surface area contributed by atoms with Crippen molar-refractivity contribution in [1.82, 2.24) is 10.3 Å². The van der Waals surface area contributed by atoms with Crippen LogP contribution in [0.3, 0.4) is 0 Å². The third kappa shape index (κ3) is 5.59. The SMILES string of the molecule is CCNC(Cc1cc(C(F)(F)F)ccn1)CC(C)C. The highest BCUT2D eigenvalue weighted by molar-refractivity contribution is 5.20. The van der Waals surface area contributed by atoms with E-state index in [9.17, 15) is 13.2 Å². The summed E-state index contributed by atoms with van der Waals surface area (Å²) in [6.45, 7) is 7.00. The lowest BCUT2D eigenvalue weighted by atomic mass is 9.99. The second-order valence-electron chi connectivity index (χ2n) is 5.12. The second-order valence-corrected chi connectivity index (χ2v) is 5.12. The van der Waals surface area contributed by atoms with Gasteiger partial charge in [-0.25, -0.2) is 0 Å². The summed E-state index contributed by atoms with van der Waals surface area (Å²) in [6.07, 6.45) is -1.62. The summed E-state index contributed by atoms with van der Waals surface area (Å²) < 4.78 is 37.9. The molecule has 1 atom stereocenters. The molecule has 0 aliphatic carbocycles. The Hall–Kier alpha value is -1.10. The summed E-state index contributed by atoms with van der Waals surface area (Å²) in [4.78, 5) is 4.04. The van der Waals surface area contributed by atoms with Crippen LogP contribution in [-0.2, 0) is 12.6 Å². The van der Waals surface area contributed by atoms with Crippen molar-refractivity contribution >= 4 is 0 Å². The zero-order valence-corrected chi connectivity index (χ0v) is 11.6. The van der Waals surface area contributed by atoms with Crippen molar-refractivity contribution in [1.29, 1.82) is 0 Å². The Morgan fingerprint density at radius 1 is 1.32 bits per heavy atom. The minimum atomic E-state index is -4.30. The highest BCUT2D eigenvalue weighted by Gasteiger charge is 2.30. The van der Waals surface area contributed by atoms with Crippen LogP contribution >= 0.6 is 0 Å². The van der Waals surface area contributed by atoms with E-state index in [1.807, 2.05) is 6.92 Å². The molecule has 0 fully saturated rings. The largest absolute Gasteiger partial charge is 0.416 e. The predicted octanol–water partition coefficient (Wildman–Crippen LogP) is 3.67. The number of likely N-dealkylation sites (N-methyl/N-ethyl adjacent to an activating group) is 1. The first-order chi connectivity index (χ1) is 8.82. The molecule has 0 spiro atoms. The van der Waals surface area contributed by atoms with Crippen LogP contribution in [0.1, 0.15) is 38.4 Å². The van der Waals surface area contributed by atoms with Gasteiger partial charge in [0.25, 0.3) is 0 Å². The van der Waals surface area contributed by atoms with E-state index in [1.165, 1.54) is 6.20 Å². The maximum absolute atomic E-state index is 12.6. The highest BCUT2D eigenvalue weighted by atomic mass is 19.4. The molecule has 108 valence electrons. The number of nitrogens with zero attached hydrogens (tertiary/aromatic N) is 1. The van der Waals surface area contributed by atoms with E-state index in [0.717, 1.165) is 25.1 Å². The zero-order valence-electron chi connectivity index (χ0n) is 11.6. The van der Waals surface area contributed by atoms with Crippen molar-refractivity contribution in [2.24, 2.45) is 5.92 Å². The molecule has 1 aromatic rings. The van der Waals surface area contributed by atoms with Crippen molar-refractivity contribution in [2.45, 2.75) is 45.8 Å². The van der Waals surface area contributed by atoms with Gasteiger partial charge in [0, 0.05) is 24.4 Å². The lowest BCUT2D eigenvalue weighted by Gasteiger charge is -2.20. The quantitative estimate of drug-likeness (QED) is 0.856. The van der Waals surface area contributed by atoms with Crippen molar-refractivity contribution in [2.75, 3.05) is 6.54 Å². The van der Waals surface area contributed by atoms with E-state index in [1.54, 1.807) is 0 Å². The van der Waals surface area contributed by atoms with E-state index in [4.69, 9.17) is 0 Å². The molecule has 1 aromatic heterocycles. The molecule has 0 saturated heterocycles. The van der Waals surface area contributed by atoms with Crippen LogP contribution < -0.4 is 5.32 Å². The van der Waals surface area contributed by atoms with Gasteiger partial charge in [-0.15, -0.1) is 0 Å². The summed E-state index contributed by atoms with van der Waals surface area (Å²) in [7, 11) is 0. The molecule has 0 amide bonds. The van der Waals surface area contributed by atoms with Gasteiger partial charge in [0.05, 0.1) is 5.56 Å². The molecule has 0 saturated carbocycles. The number of halogens is 3. The van der Waals surface area contributed by atoms with Crippen LogP contribution in [0.15, 0.2) is 18.3 Å². The summed E-state index contributed by atoms with van der Waals surface area (Å²) >= 11 is 0. The molecule has 5 heteroatoms. The number of rotatable bonds is 6. The van der Waals surface area contributed by atoms with E-state index in [2.05, 4.69) is 24.1 Å². The average molecular weight is 274 g/mol. The van der Waals surface area contributed by atoms with Crippen molar-refractivity contribution in [3.05, 3.63) is 29.6 Å². The predicted molar refractivity (Wildman–Crippen MR) is 69.9 cm³/mol. The standard InChI is InChI=1S/C14H21F3N2/c1-4-18-12(7-10(2)3)9-13-8-11(5-6-19-13)14(15,16)17/h5-6,8,10,12,18H,4,7,9H2,1-3H3. The molecule has 0 aliphatic heterocycles. The lowest BCUT2D eigenvalue weighted by Crippen LogP contribution is -2.32. The van der Waals surface area contributed by atoms with E-state index < -0.39 is 11.7 Å². The smallest absolute Gasteiger partial charge is 0.314 e. The normalized spacial score (nSPS) is 13.8. The van der Waals surface area contributed by atoms with Gasteiger partial charge >= 0.3 is 6.18 Å². The molecule has 1 N–H and O–H groups in total. The average Bonchev–Trinajstić information content (AvgIpc) is 2.27. The van der Waals surface area contributed by atoms with Crippen molar-refractivity contribution in [3.63, 3.8) is 0 Å². The summed E-state index contributed by atoms with van der Waals surface area (Å²) in [5.41, 5.74) is -0.140. The lowest BCUT2D eigenvalue weighted by molar-refractivity contribution is -0.137. The minimum Gasteiger partial charge on any atom is -0.314 e. The number of hydrogen-bond acceptors (Lipinski definition) is 2. The molecular formula is C14H21F3N2. The van der Waals surface area contributed by atoms with Gasteiger partial charge < -0.3 is 5.32 Å². The number of nitrogens with one attached hydrogen (secondary N) is 1. The third-order valence-electron chi connectivity index (χ3n) is 2.85. The molecule has 0 bridgehead atoms. The van der Waals surface area contributed by atoms with E-state index in [0.29, 0.717) is 18.0 Å². The van der Waals surface area contributed by atoms with Gasteiger partial charge in [-0.3, -0.25) is 4.98 Å². The maximum atomic E-state index is 12.6. The third-order valence-corrected chi connectivity index (χ3v) is 2.85. The van der Waals surface area contributed by atoms with E-state index in [-0.39, 0.29) is 6.04 Å². The zero-order chi connectivity index (χ0) is 14.5. The van der Waals surface area contributed by atoms with Crippen LogP contribution in [0.4, 0.5) is 13.2 Å². The highest BCUT2D eigenvalue weighted by Crippen LogP contribution is 2.29. The topological polar surface area (TPSA) is 24.9 Å². The van der Waals surface area contributed by atoms with Crippen molar-refractivity contribution < 1.29 is 13.2 Å². The fourth-order valence-corrected chi connectivity index (χ4v) is 2.12. The van der Waals surface area contributed by atoms with Gasteiger partial charge in [-0.05, 0) is 31.0 Å². The summed E-state index contributed by atoms with van der Waals surface area (Å²) in [5.74, 6) is 0.495. The molecule has 1 rings (SSSR count). The first-order valence-electron chi connectivity index (χ1n) is 6.58. The Morgan fingerprint density at radius 3 is 2.53 bits per heavy atom. The maximum Gasteiger partial charge on any atom is 0.416 e. The number of aromatic nitrogens is 1. The van der Waals surface area contributed by atoms with Gasteiger partial charge in [0.2, 0.25) is 0 Å². The first-order valence-corrected chi connectivity index (χ1v) is 6.58. The fourth-order valence-electron chi connectivity index (χ4n) is 2.12. The van der Waals surface area contributed by atoms with Crippen LogP contribution in [0.25, 0.3) is 0 Å². The Labute approximate surface area is 112 Å². The summed E-state index contributed by atoms with van der Waals surface area (Å²) in [5, 5.41) is 3.30. The molecular weight excluding hydrogens is 253 g/mol. The molecule has 19 heavy (non-hydrogen) atoms. The molecule has 1 unspecified atom stereocenters. The van der Waals surface area contributed by atoms with Gasteiger partial charge in [0.15, 0.2) is 0 Å². The Morgan fingerprint density at radius 2 is 2.00 bits per heavy atom. The molecule has 0 aromatic carbocycles. The van der Waals surface area contributed by atoms with Crippen LogP contribution in [0, 0.1) is 5.92 Å². The Kier molecular flexibility index (Phi) is 5.79. The van der Waals surface area contributed by atoms with Crippen LogP contribution in [-0.4, -0.2) is 17.6 Å². The van der Waals surface area contributed by atoms with Gasteiger partial charge in [0.1, 0.15) is 0 Å². The number of alkyl halides is 3. The number of pyridine rings is 1. The minimum absolute atomic E-state index is 0.168. The molecule has 0 aliphatic rings. The Balaban J connectivity index is 2.79. The van der Waals surface area contributed by atoms with Gasteiger partial charge in [-0.2, -0.15) is 13.2 Å². The number of hydrogen-bond donors (Lipinski definition) is 1. The van der Waals surface area contributed by atoms with Crippen molar-refractivity contribution in [3.8, 4) is 0 Å². The first kappa shape index (κ1) is 16.0.